The van der Waals surface area contributed by atoms with Crippen LogP contribution in [0, 0.1) is 0 Å². The quantitative estimate of drug-likeness (QED) is 0.863. The van der Waals surface area contributed by atoms with Gasteiger partial charge >= 0.3 is 0 Å². The van der Waals surface area contributed by atoms with E-state index < -0.39 is 0 Å². The Labute approximate surface area is 124 Å². The van der Waals surface area contributed by atoms with Crippen molar-refractivity contribution in [1.82, 2.24) is 15.3 Å². The van der Waals surface area contributed by atoms with Gasteiger partial charge in [0.1, 0.15) is 5.01 Å². The molecule has 1 aliphatic carbocycles. The van der Waals surface area contributed by atoms with E-state index in [-0.39, 0.29) is 0 Å². The van der Waals surface area contributed by atoms with Gasteiger partial charge in [-0.15, -0.1) is 11.3 Å². The second-order valence-corrected chi connectivity index (χ2v) is 6.54. The number of hydrogen-bond acceptors (Lipinski definition) is 4. The summed E-state index contributed by atoms with van der Waals surface area (Å²) in [5, 5.41) is 4.85. The third-order valence-corrected chi connectivity index (χ3v) is 4.94. The van der Waals surface area contributed by atoms with E-state index in [1.54, 1.807) is 17.5 Å². The molecule has 1 N–H and O–H groups in total. The van der Waals surface area contributed by atoms with Crippen LogP contribution in [0.5, 0.6) is 0 Å². The molecule has 0 amide bonds. The first-order chi connectivity index (χ1) is 9.92. The third kappa shape index (κ3) is 3.64. The molecule has 4 heteroatoms. The van der Waals surface area contributed by atoms with Crippen molar-refractivity contribution in [2.75, 3.05) is 0 Å². The number of aromatic nitrogens is 2. The molecule has 0 radical (unpaired) electrons. The lowest BCUT2D eigenvalue weighted by molar-refractivity contribution is 0.458. The standard InChI is InChI=1S/C16H21N3S/c1-2-4-8-14(7-3-1)18-12-16-19-11-15(20-16)13-6-5-9-17-10-13/h5-6,9-11,14,18H,1-4,7-8,12H2. The van der Waals surface area contributed by atoms with Gasteiger partial charge in [0.25, 0.3) is 0 Å². The Morgan fingerprint density at radius 2 is 2.00 bits per heavy atom. The molecule has 0 atom stereocenters. The predicted octanol–water partition coefficient (Wildman–Crippen LogP) is 4.02. The fraction of sp³-hybridized carbons (Fsp3) is 0.500. The number of nitrogens with one attached hydrogen (secondary N) is 1. The van der Waals surface area contributed by atoms with Crippen LogP contribution < -0.4 is 5.32 Å². The lowest BCUT2D eigenvalue weighted by atomic mass is 10.1. The van der Waals surface area contributed by atoms with E-state index in [0.717, 1.165) is 12.1 Å². The summed E-state index contributed by atoms with van der Waals surface area (Å²) in [5.41, 5.74) is 1.16. The van der Waals surface area contributed by atoms with Gasteiger partial charge in [-0.3, -0.25) is 4.98 Å². The van der Waals surface area contributed by atoms with Crippen LogP contribution in [-0.2, 0) is 6.54 Å². The fourth-order valence-corrected chi connectivity index (χ4v) is 3.61. The zero-order valence-electron chi connectivity index (χ0n) is 11.7. The van der Waals surface area contributed by atoms with E-state index >= 15 is 0 Å². The Balaban J connectivity index is 1.57. The molecule has 2 aromatic rings. The summed E-state index contributed by atoms with van der Waals surface area (Å²) in [4.78, 5) is 9.90. The molecule has 0 bridgehead atoms. The highest BCUT2D eigenvalue weighted by Crippen LogP contribution is 2.25. The largest absolute Gasteiger partial charge is 0.308 e. The van der Waals surface area contributed by atoms with Crippen LogP contribution in [-0.4, -0.2) is 16.0 Å². The van der Waals surface area contributed by atoms with E-state index in [4.69, 9.17) is 0 Å². The monoisotopic (exact) mass is 287 g/mol. The normalized spacial score (nSPS) is 17.0. The second kappa shape index (κ2) is 6.95. The first kappa shape index (κ1) is 13.7. The van der Waals surface area contributed by atoms with Gasteiger partial charge in [-0.25, -0.2) is 4.98 Å². The fourth-order valence-electron chi connectivity index (χ4n) is 2.75. The molecule has 3 nitrogen and oxygen atoms in total. The molecular weight excluding hydrogens is 266 g/mol. The third-order valence-electron chi connectivity index (χ3n) is 3.90. The van der Waals surface area contributed by atoms with Gasteiger partial charge in [0.2, 0.25) is 0 Å². The molecule has 1 fully saturated rings. The maximum Gasteiger partial charge on any atom is 0.107 e. The molecule has 2 aromatic heterocycles. The summed E-state index contributed by atoms with van der Waals surface area (Å²) in [5.74, 6) is 0. The molecule has 0 saturated heterocycles. The Hall–Kier alpha value is -1.26. The minimum atomic E-state index is 0.684. The van der Waals surface area contributed by atoms with Crippen LogP contribution in [0.25, 0.3) is 10.4 Å². The summed E-state index contributed by atoms with van der Waals surface area (Å²) < 4.78 is 0. The van der Waals surface area contributed by atoms with E-state index in [0.29, 0.717) is 6.04 Å². The molecule has 3 rings (SSSR count). The van der Waals surface area contributed by atoms with Crippen LogP contribution in [0.1, 0.15) is 43.5 Å². The van der Waals surface area contributed by atoms with Gasteiger partial charge in [-0.1, -0.05) is 31.7 Å². The highest BCUT2D eigenvalue weighted by atomic mass is 32.1. The Kier molecular flexibility index (Phi) is 4.77. The molecule has 20 heavy (non-hydrogen) atoms. The van der Waals surface area contributed by atoms with Gasteiger partial charge in [0.05, 0.1) is 4.88 Å². The highest BCUT2D eigenvalue weighted by Gasteiger charge is 2.12. The first-order valence-electron chi connectivity index (χ1n) is 7.50. The Morgan fingerprint density at radius 3 is 2.75 bits per heavy atom. The van der Waals surface area contributed by atoms with Crippen molar-refractivity contribution in [2.45, 2.75) is 51.1 Å². The van der Waals surface area contributed by atoms with Crippen molar-refractivity contribution >= 4 is 11.3 Å². The number of nitrogens with zero attached hydrogens (tertiary/aromatic N) is 2. The van der Waals surface area contributed by atoms with Gasteiger partial charge in [-0.05, 0) is 18.9 Å². The van der Waals surface area contributed by atoms with Crippen molar-refractivity contribution in [3.63, 3.8) is 0 Å². The average Bonchev–Trinajstić information content (AvgIpc) is 2.82. The maximum absolute atomic E-state index is 4.53. The molecule has 0 unspecified atom stereocenters. The van der Waals surface area contributed by atoms with Crippen LogP contribution >= 0.6 is 11.3 Å². The van der Waals surface area contributed by atoms with Crippen molar-refractivity contribution in [1.29, 1.82) is 0 Å². The van der Waals surface area contributed by atoms with Crippen LogP contribution in [0.3, 0.4) is 0 Å². The summed E-state index contributed by atoms with van der Waals surface area (Å²) in [7, 11) is 0. The van der Waals surface area contributed by atoms with E-state index in [1.807, 2.05) is 18.5 Å². The zero-order valence-corrected chi connectivity index (χ0v) is 12.5. The topological polar surface area (TPSA) is 37.8 Å². The lowest BCUT2D eigenvalue weighted by Crippen LogP contribution is -2.27. The lowest BCUT2D eigenvalue weighted by Gasteiger charge is -2.14. The van der Waals surface area contributed by atoms with Crippen molar-refractivity contribution < 1.29 is 0 Å². The summed E-state index contributed by atoms with van der Waals surface area (Å²) >= 11 is 1.77. The highest BCUT2D eigenvalue weighted by molar-refractivity contribution is 7.15. The summed E-state index contributed by atoms with van der Waals surface area (Å²) in [6, 6.07) is 4.74. The molecule has 106 valence electrons. The SMILES string of the molecule is c1cncc(-c2cnc(CNC3CCCCCC3)s2)c1. The summed E-state index contributed by atoms with van der Waals surface area (Å²) in [6.45, 7) is 0.898. The number of thiazole rings is 1. The van der Waals surface area contributed by atoms with Crippen LogP contribution in [0.15, 0.2) is 30.7 Å². The van der Waals surface area contributed by atoms with Crippen LogP contribution in [0.4, 0.5) is 0 Å². The molecule has 0 spiro atoms. The van der Waals surface area contributed by atoms with Crippen molar-refractivity contribution in [2.24, 2.45) is 0 Å². The Morgan fingerprint density at radius 1 is 1.15 bits per heavy atom. The van der Waals surface area contributed by atoms with Crippen LogP contribution in [0.2, 0.25) is 0 Å². The predicted molar refractivity (Wildman–Crippen MR) is 83.7 cm³/mol. The van der Waals surface area contributed by atoms with Gasteiger partial charge in [-0.2, -0.15) is 0 Å². The van der Waals surface area contributed by atoms with Crippen molar-refractivity contribution in [3.8, 4) is 10.4 Å². The van der Waals surface area contributed by atoms with E-state index in [9.17, 15) is 0 Å². The second-order valence-electron chi connectivity index (χ2n) is 5.43. The van der Waals surface area contributed by atoms with Gasteiger partial charge in [0.15, 0.2) is 0 Å². The minimum Gasteiger partial charge on any atom is -0.308 e. The molecule has 1 aliphatic rings. The molecule has 2 heterocycles. The molecule has 1 saturated carbocycles. The number of pyridine rings is 1. The minimum absolute atomic E-state index is 0.684. The van der Waals surface area contributed by atoms with Gasteiger partial charge < -0.3 is 5.32 Å². The average molecular weight is 287 g/mol. The Bertz CT molecular complexity index is 516. The number of rotatable bonds is 4. The molecule has 0 aliphatic heterocycles. The van der Waals surface area contributed by atoms with Crippen molar-refractivity contribution in [3.05, 3.63) is 35.7 Å². The van der Waals surface area contributed by atoms with E-state index in [2.05, 4.69) is 21.4 Å². The molecular formula is C16H21N3S. The smallest absolute Gasteiger partial charge is 0.107 e. The first-order valence-corrected chi connectivity index (χ1v) is 8.32. The number of hydrogen-bond donors (Lipinski definition) is 1. The molecule has 0 aromatic carbocycles. The maximum atomic E-state index is 4.53. The van der Waals surface area contributed by atoms with E-state index in [1.165, 1.54) is 48.4 Å². The summed E-state index contributed by atoms with van der Waals surface area (Å²) in [6.07, 6.45) is 13.9. The zero-order chi connectivity index (χ0) is 13.6. The van der Waals surface area contributed by atoms with Gasteiger partial charge in [0, 0.05) is 36.7 Å².